The number of carbonyl (C=O) groups excluding carboxylic acids is 1. The van der Waals surface area contributed by atoms with Gasteiger partial charge in [-0.25, -0.2) is 4.68 Å². The van der Waals surface area contributed by atoms with Gasteiger partial charge >= 0.3 is 0 Å². The highest BCUT2D eigenvalue weighted by Crippen LogP contribution is 2.32. The first-order valence-corrected chi connectivity index (χ1v) is 9.65. The van der Waals surface area contributed by atoms with E-state index < -0.39 is 0 Å². The molecular formula is C20H20ClN7O2. The van der Waals surface area contributed by atoms with Crippen molar-refractivity contribution in [2.75, 3.05) is 19.0 Å². The zero-order chi connectivity index (χ0) is 21.3. The van der Waals surface area contributed by atoms with E-state index >= 15 is 0 Å². The van der Waals surface area contributed by atoms with Crippen molar-refractivity contribution >= 4 is 40.0 Å². The van der Waals surface area contributed by atoms with E-state index in [2.05, 4.69) is 30.9 Å². The molecule has 1 amide bonds. The summed E-state index contributed by atoms with van der Waals surface area (Å²) < 4.78 is 7.01. The van der Waals surface area contributed by atoms with Gasteiger partial charge in [-0.3, -0.25) is 9.89 Å². The molecule has 0 saturated carbocycles. The van der Waals surface area contributed by atoms with E-state index in [1.807, 2.05) is 19.1 Å². The van der Waals surface area contributed by atoms with Crippen LogP contribution in [0.25, 0.3) is 22.3 Å². The van der Waals surface area contributed by atoms with Crippen molar-refractivity contribution < 1.29 is 9.53 Å². The van der Waals surface area contributed by atoms with Crippen molar-refractivity contribution in [3.8, 4) is 17.1 Å². The molecule has 0 aliphatic heterocycles. The molecule has 154 valence electrons. The highest BCUT2D eigenvalue weighted by Gasteiger charge is 2.16. The quantitative estimate of drug-likeness (QED) is 0.436. The van der Waals surface area contributed by atoms with Crippen LogP contribution >= 0.6 is 11.6 Å². The molecule has 0 radical (unpaired) electrons. The van der Waals surface area contributed by atoms with E-state index in [0.29, 0.717) is 40.3 Å². The van der Waals surface area contributed by atoms with Crippen molar-refractivity contribution in [2.24, 2.45) is 7.05 Å². The van der Waals surface area contributed by atoms with Crippen molar-refractivity contribution in [2.45, 2.75) is 6.92 Å². The normalized spacial score (nSPS) is 10.9. The number of amides is 1. The van der Waals surface area contributed by atoms with Crippen LogP contribution in [0.5, 0.6) is 5.75 Å². The fourth-order valence-electron chi connectivity index (χ4n) is 3.09. The Bertz CT molecular complexity index is 1230. The third-order valence-corrected chi connectivity index (χ3v) is 5.02. The molecule has 0 fully saturated rings. The number of methoxy groups -OCH3 is 1. The number of aromatic amines is 1. The largest absolute Gasteiger partial charge is 0.496 e. The van der Waals surface area contributed by atoms with Crippen LogP contribution in [0.2, 0.25) is 5.02 Å². The average molecular weight is 426 g/mol. The van der Waals surface area contributed by atoms with Crippen molar-refractivity contribution in [1.82, 2.24) is 30.3 Å². The van der Waals surface area contributed by atoms with Crippen molar-refractivity contribution in [3.63, 3.8) is 0 Å². The predicted molar refractivity (Wildman–Crippen MR) is 115 cm³/mol. The van der Waals surface area contributed by atoms with Crippen LogP contribution in [-0.2, 0) is 7.05 Å². The van der Waals surface area contributed by atoms with Gasteiger partial charge < -0.3 is 15.4 Å². The molecule has 0 aliphatic rings. The molecule has 2 heterocycles. The number of hydrogen-bond donors (Lipinski definition) is 3. The van der Waals surface area contributed by atoms with Gasteiger partial charge in [-0.05, 0) is 31.2 Å². The van der Waals surface area contributed by atoms with E-state index in [4.69, 9.17) is 16.3 Å². The van der Waals surface area contributed by atoms with Crippen LogP contribution in [0, 0.1) is 0 Å². The minimum atomic E-state index is -0.193. The number of H-pyrrole nitrogens is 1. The van der Waals surface area contributed by atoms with Gasteiger partial charge in [0.25, 0.3) is 5.91 Å². The van der Waals surface area contributed by atoms with E-state index in [1.165, 1.54) is 7.11 Å². The van der Waals surface area contributed by atoms with E-state index in [9.17, 15) is 4.79 Å². The number of aryl methyl sites for hydroxylation is 1. The molecular weight excluding hydrogens is 406 g/mol. The van der Waals surface area contributed by atoms with Crippen molar-refractivity contribution in [3.05, 3.63) is 47.1 Å². The number of hydrogen-bond acceptors (Lipinski definition) is 6. The Morgan fingerprint density at radius 3 is 2.90 bits per heavy atom. The molecule has 30 heavy (non-hydrogen) atoms. The van der Waals surface area contributed by atoms with Crippen LogP contribution in [0.3, 0.4) is 0 Å². The van der Waals surface area contributed by atoms with E-state index in [0.717, 1.165) is 16.5 Å². The van der Waals surface area contributed by atoms with Gasteiger partial charge in [0.1, 0.15) is 5.75 Å². The van der Waals surface area contributed by atoms with Gasteiger partial charge in [0.15, 0.2) is 5.82 Å². The lowest BCUT2D eigenvalue weighted by molar-refractivity contribution is 0.0953. The Kier molecular flexibility index (Phi) is 5.28. The second kappa shape index (κ2) is 8.03. The number of nitrogens with one attached hydrogen (secondary N) is 3. The van der Waals surface area contributed by atoms with E-state index in [1.54, 1.807) is 36.1 Å². The molecule has 9 nitrogen and oxygen atoms in total. The maximum Gasteiger partial charge on any atom is 0.255 e. The SMILES string of the molecule is CCNC(=O)c1ccc(-c2nc(Nc3ccc4[nH]ncc4c3Cl)n(C)n2)cc1OC. The van der Waals surface area contributed by atoms with Gasteiger partial charge in [0.05, 0.1) is 35.1 Å². The van der Waals surface area contributed by atoms with Crippen molar-refractivity contribution in [1.29, 1.82) is 0 Å². The molecule has 0 atom stereocenters. The summed E-state index contributed by atoms with van der Waals surface area (Å²) in [5.74, 6) is 1.26. The van der Waals surface area contributed by atoms with Gasteiger partial charge in [-0.15, -0.1) is 5.10 Å². The van der Waals surface area contributed by atoms with Crippen LogP contribution in [0.4, 0.5) is 11.6 Å². The molecule has 4 aromatic rings. The van der Waals surface area contributed by atoms with Gasteiger partial charge in [-0.2, -0.15) is 10.1 Å². The molecule has 4 rings (SSSR count). The number of rotatable bonds is 6. The highest BCUT2D eigenvalue weighted by atomic mass is 35.5. The zero-order valence-electron chi connectivity index (χ0n) is 16.7. The molecule has 0 bridgehead atoms. The van der Waals surface area contributed by atoms with Gasteiger partial charge in [0, 0.05) is 24.5 Å². The number of ether oxygens (including phenoxy) is 1. The molecule has 0 unspecified atom stereocenters. The lowest BCUT2D eigenvalue weighted by Crippen LogP contribution is -2.23. The summed E-state index contributed by atoms with van der Waals surface area (Å²) in [7, 11) is 3.30. The summed E-state index contributed by atoms with van der Waals surface area (Å²) in [5, 5.41) is 18.7. The van der Waals surface area contributed by atoms with Crippen LogP contribution in [0.15, 0.2) is 36.5 Å². The molecule has 10 heteroatoms. The second-order valence-corrected chi connectivity index (χ2v) is 6.92. The third kappa shape index (κ3) is 3.55. The highest BCUT2D eigenvalue weighted by molar-refractivity contribution is 6.38. The third-order valence-electron chi connectivity index (χ3n) is 4.61. The second-order valence-electron chi connectivity index (χ2n) is 6.54. The summed E-state index contributed by atoms with van der Waals surface area (Å²) in [5.41, 5.74) is 2.72. The lowest BCUT2D eigenvalue weighted by Gasteiger charge is -2.09. The minimum Gasteiger partial charge on any atom is -0.496 e. The lowest BCUT2D eigenvalue weighted by atomic mass is 10.1. The summed E-state index contributed by atoms with van der Waals surface area (Å²) in [6.07, 6.45) is 1.67. The maximum absolute atomic E-state index is 12.2. The summed E-state index contributed by atoms with van der Waals surface area (Å²) in [4.78, 5) is 16.8. The molecule has 2 aromatic carbocycles. The number of halogens is 1. The molecule has 3 N–H and O–H groups in total. The smallest absolute Gasteiger partial charge is 0.255 e. The van der Waals surface area contributed by atoms with Gasteiger partial charge in [-0.1, -0.05) is 17.7 Å². The Morgan fingerprint density at radius 2 is 2.13 bits per heavy atom. The average Bonchev–Trinajstić information content (AvgIpc) is 3.37. The Morgan fingerprint density at radius 1 is 1.30 bits per heavy atom. The Hall–Kier alpha value is -3.59. The first-order valence-electron chi connectivity index (χ1n) is 9.28. The zero-order valence-corrected chi connectivity index (χ0v) is 17.4. The first kappa shape index (κ1) is 19.7. The predicted octanol–water partition coefficient (Wildman–Crippen LogP) is 3.51. The monoisotopic (exact) mass is 425 g/mol. The minimum absolute atomic E-state index is 0.193. The first-order chi connectivity index (χ1) is 14.5. The number of carbonyl (C=O) groups is 1. The fraction of sp³-hybridized carbons (Fsp3) is 0.200. The Balaban J connectivity index is 1.65. The van der Waals surface area contributed by atoms with Gasteiger partial charge in [0.2, 0.25) is 5.95 Å². The topological polar surface area (TPSA) is 110 Å². The standard InChI is InChI=1S/C20H20ClN7O2/c1-4-22-19(29)12-6-5-11(9-16(12)30-3)18-25-20(28(2)27-18)24-15-8-7-14-13(17(15)21)10-23-26-14/h5-10H,4H2,1-3H3,(H,22,29)(H,23,26)(H,24,25,27). The fourth-order valence-corrected chi connectivity index (χ4v) is 3.35. The van der Waals surface area contributed by atoms with Crippen LogP contribution in [-0.4, -0.2) is 44.5 Å². The summed E-state index contributed by atoms with van der Waals surface area (Å²) in [6.45, 7) is 2.40. The van der Waals surface area contributed by atoms with E-state index in [-0.39, 0.29) is 5.91 Å². The number of benzene rings is 2. The number of anilines is 2. The molecule has 2 aromatic heterocycles. The summed E-state index contributed by atoms with van der Waals surface area (Å²) >= 11 is 6.49. The van der Waals surface area contributed by atoms with Crippen LogP contribution < -0.4 is 15.4 Å². The molecule has 0 spiro atoms. The number of fused-ring (bicyclic) bond motifs is 1. The maximum atomic E-state index is 12.2. The Labute approximate surface area is 177 Å². The van der Waals surface area contributed by atoms with Crippen LogP contribution in [0.1, 0.15) is 17.3 Å². The molecule has 0 saturated heterocycles. The molecule has 0 aliphatic carbocycles. The number of aromatic nitrogens is 5. The summed E-state index contributed by atoms with van der Waals surface area (Å²) in [6, 6.07) is 8.97. The number of nitrogens with zero attached hydrogens (tertiary/aromatic N) is 4.